The van der Waals surface area contributed by atoms with Crippen molar-refractivity contribution >= 4 is 11.3 Å². The highest BCUT2D eigenvalue weighted by atomic mass is 32.1. The van der Waals surface area contributed by atoms with Gasteiger partial charge in [-0.15, -0.1) is 11.3 Å². The Morgan fingerprint density at radius 3 is 2.70 bits per heavy atom. The molecule has 0 bridgehead atoms. The summed E-state index contributed by atoms with van der Waals surface area (Å²) in [5, 5.41) is 3.32. The van der Waals surface area contributed by atoms with Crippen LogP contribution in [0.3, 0.4) is 0 Å². The number of rotatable bonds is 2. The summed E-state index contributed by atoms with van der Waals surface area (Å²) in [6.45, 7) is 4.22. The van der Waals surface area contributed by atoms with Crippen molar-refractivity contribution in [2.45, 2.75) is 34.1 Å². The normalized spacial score (nSPS) is 9.00. The zero-order valence-electron chi connectivity index (χ0n) is 5.85. The third kappa shape index (κ3) is 2.48. The minimum absolute atomic E-state index is 0. The van der Waals surface area contributed by atoms with Crippen LogP contribution in [-0.2, 0) is 6.42 Å². The predicted octanol–water partition coefficient (Wildman–Crippen LogP) is 3.04. The minimum atomic E-state index is 0. The Morgan fingerprint density at radius 2 is 2.30 bits per heavy atom. The third-order valence-electron chi connectivity index (χ3n) is 1.17. The fourth-order valence-corrected chi connectivity index (χ4v) is 1.43. The zero-order valence-corrected chi connectivity index (χ0v) is 6.66. The highest BCUT2D eigenvalue weighted by molar-refractivity contribution is 7.09. The van der Waals surface area contributed by atoms with Crippen LogP contribution < -0.4 is 0 Å². The van der Waals surface area contributed by atoms with Crippen LogP contribution in [0, 0.1) is 6.92 Å². The molecule has 1 rings (SSSR count). The quantitative estimate of drug-likeness (QED) is 0.643. The summed E-state index contributed by atoms with van der Waals surface area (Å²) in [5.41, 5.74) is 1.25. The van der Waals surface area contributed by atoms with Gasteiger partial charge in [0.2, 0.25) is 0 Å². The molecule has 1 aromatic heterocycles. The molecular formula is C8H15NS. The fraction of sp³-hybridized carbons (Fsp3) is 0.625. The molecule has 1 heterocycles. The largest absolute Gasteiger partial charge is 0.247 e. The van der Waals surface area contributed by atoms with Gasteiger partial charge >= 0.3 is 0 Å². The van der Waals surface area contributed by atoms with Gasteiger partial charge in [0.05, 0.1) is 10.7 Å². The Balaban J connectivity index is 0.000000810. The van der Waals surface area contributed by atoms with Gasteiger partial charge < -0.3 is 0 Å². The molecule has 0 radical (unpaired) electrons. The van der Waals surface area contributed by atoms with Gasteiger partial charge in [-0.3, -0.25) is 0 Å². The average Bonchev–Trinajstić information content (AvgIpc) is 2.17. The smallest absolute Gasteiger partial charge is 0.0897 e. The summed E-state index contributed by atoms with van der Waals surface area (Å²) in [7, 11) is 0. The van der Waals surface area contributed by atoms with Crippen LogP contribution in [0.1, 0.15) is 31.5 Å². The lowest BCUT2D eigenvalue weighted by molar-refractivity contribution is 0.888. The molecule has 0 aliphatic rings. The maximum Gasteiger partial charge on any atom is 0.0897 e. The molecule has 1 aromatic rings. The Hall–Kier alpha value is -0.370. The van der Waals surface area contributed by atoms with Gasteiger partial charge in [0.25, 0.3) is 0 Å². The molecule has 10 heavy (non-hydrogen) atoms. The van der Waals surface area contributed by atoms with Gasteiger partial charge in [0.1, 0.15) is 0 Å². The number of hydrogen-bond acceptors (Lipinski definition) is 2. The summed E-state index contributed by atoms with van der Waals surface area (Å²) < 4.78 is 0. The molecule has 0 saturated carbocycles. The predicted molar refractivity (Wildman–Crippen MR) is 47.6 cm³/mol. The molecule has 0 saturated heterocycles. The summed E-state index contributed by atoms with van der Waals surface area (Å²) in [5.74, 6) is 0. The van der Waals surface area contributed by atoms with E-state index in [1.165, 1.54) is 17.1 Å². The molecule has 0 fully saturated rings. The van der Waals surface area contributed by atoms with Crippen LogP contribution >= 0.6 is 11.3 Å². The van der Waals surface area contributed by atoms with Gasteiger partial charge in [-0.2, -0.15) is 0 Å². The molecule has 0 atom stereocenters. The first-order valence-electron chi connectivity index (χ1n) is 3.24. The average molecular weight is 157 g/mol. The molecule has 0 aliphatic carbocycles. The van der Waals surface area contributed by atoms with Crippen molar-refractivity contribution < 1.29 is 0 Å². The summed E-state index contributed by atoms with van der Waals surface area (Å²) in [6.07, 6.45) is 2.33. The van der Waals surface area contributed by atoms with Crippen molar-refractivity contribution in [1.29, 1.82) is 0 Å². The molecule has 0 N–H and O–H groups in total. The Kier molecular flexibility index (Phi) is 4.28. The highest BCUT2D eigenvalue weighted by Crippen LogP contribution is 2.08. The summed E-state index contributed by atoms with van der Waals surface area (Å²) >= 11 is 1.73. The van der Waals surface area contributed by atoms with E-state index in [0.29, 0.717) is 0 Å². The van der Waals surface area contributed by atoms with E-state index in [-0.39, 0.29) is 7.43 Å². The van der Waals surface area contributed by atoms with E-state index in [0.717, 1.165) is 6.42 Å². The topological polar surface area (TPSA) is 12.9 Å². The third-order valence-corrected chi connectivity index (χ3v) is 2.00. The van der Waals surface area contributed by atoms with Gasteiger partial charge in [-0.05, 0) is 13.3 Å². The maximum atomic E-state index is 4.32. The van der Waals surface area contributed by atoms with Crippen molar-refractivity contribution in [3.8, 4) is 0 Å². The van der Waals surface area contributed by atoms with Crippen molar-refractivity contribution in [1.82, 2.24) is 4.98 Å². The van der Waals surface area contributed by atoms with E-state index in [1.54, 1.807) is 11.3 Å². The highest BCUT2D eigenvalue weighted by Gasteiger charge is 1.93. The molecule has 0 spiro atoms. The Labute approximate surface area is 67.1 Å². The summed E-state index contributed by atoms with van der Waals surface area (Å²) in [6, 6.07) is 0. The number of thiazole rings is 1. The van der Waals surface area contributed by atoms with Crippen molar-refractivity contribution in [2.24, 2.45) is 0 Å². The second-order valence-electron chi connectivity index (χ2n) is 2.11. The summed E-state index contributed by atoms with van der Waals surface area (Å²) in [4.78, 5) is 4.32. The first-order chi connectivity index (χ1) is 4.33. The molecule has 0 unspecified atom stereocenters. The van der Waals surface area contributed by atoms with Crippen LogP contribution in [0.25, 0.3) is 0 Å². The first kappa shape index (κ1) is 9.63. The SMILES string of the molecule is C.CCCc1csc(C)n1. The Morgan fingerprint density at radius 1 is 1.60 bits per heavy atom. The molecule has 58 valence electrons. The van der Waals surface area contributed by atoms with Crippen molar-refractivity contribution in [3.05, 3.63) is 16.1 Å². The molecule has 1 nitrogen and oxygen atoms in total. The monoisotopic (exact) mass is 157 g/mol. The van der Waals surface area contributed by atoms with Gasteiger partial charge in [0.15, 0.2) is 0 Å². The zero-order chi connectivity index (χ0) is 6.69. The second-order valence-corrected chi connectivity index (χ2v) is 3.17. The van der Waals surface area contributed by atoms with Crippen LogP contribution in [-0.4, -0.2) is 4.98 Å². The van der Waals surface area contributed by atoms with E-state index in [9.17, 15) is 0 Å². The minimum Gasteiger partial charge on any atom is -0.247 e. The van der Waals surface area contributed by atoms with E-state index in [1.807, 2.05) is 6.92 Å². The van der Waals surface area contributed by atoms with E-state index in [4.69, 9.17) is 0 Å². The van der Waals surface area contributed by atoms with E-state index in [2.05, 4.69) is 17.3 Å². The van der Waals surface area contributed by atoms with Crippen LogP contribution in [0.2, 0.25) is 0 Å². The van der Waals surface area contributed by atoms with E-state index >= 15 is 0 Å². The standard InChI is InChI=1S/C7H11NS.CH4/c1-3-4-7-5-9-6(2)8-7;/h5H,3-4H2,1-2H3;1H4. The maximum absolute atomic E-state index is 4.32. The lowest BCUT2D eigenvalue weighted by Crippen LogP contribution is -1.81. The molecule has 0 aromatic carbocycles. The first-order valence-corrected chi connectivity index (χ1v) is 4.12. The lowest BCUT2D eigenvalue weighted by Gasteiger charge is -1.85. The fourth-order valence-electron chi connectivity index (χ4n) is 0.779. The van der Waals surface area contributed by atoms with Crippen LogP contribution in [0.15, 0.2) is 5.38 Å². The van der Waals surface area contributed by atoms with Crippen LogP contribution in [0.5, 0.6) is 0 Å². The van der Waals surface area contributed by atoms with Gasteiger partial charge in [-0.1, -0.05) is 20.8 Å². The number of aromatic nitrogens is 1. The van der Waals surface area contributed by atoms with Crippen molar-refractivity contribution in [2.75, 3.05) is 0 Å². The van der Waals surface area contributed by atoms with Crippen LogP contribution in [0.4, 0.5) is 0 Å². The molecule has 0 aliphatic heterocycles. The number of aryl methyl sites for hydroxylation is 2. The lowest BCUT2D eigenvalue weighted by atomic mass is 10.3. The van der Waals surface area contributed by atoms with Crippen molar-refractivity contribution in [3.63, 3.8) is 0 Å². The Bertz CT molecular complexity index is 181. The van der Waals surface area contributed by atoms with Gasteiger partial charge in [0, 0.05) is 5.38 Å². The molecular weight excluding hydrogens is 142 g/mol. The van der Waals surface area contributed by atoms with E-state index < -0.39 is 0 Å². The number of hydrogen-bond donors (Lipinski definition) is 0. The molecule has 0 amide bonds. The van der Waals surface area contributed by atoms with Gasteiger partial charge in [-0.25, -0.2) is 4.98 Å². The number of nitrogens with zero attached hydrogens (tertiary/aromatic N) is 1. The second kappa shape index (κ2) is 4.45. The molecule has 2 heteroatoms.